The van der Waals surface area contributed by atoms with Crippen LogP contribution in [0.25, 0.3) is 0 Å². The second-order valence-corrected chi connectivity index (χ2v) is 3.97. The smallest absolute Gasteiger partial charge is 0.315 e. The molecule has 2 atom stereocenters. The van der Waals surface area contributed by atoms with Crippen molar-refractivity contribution in [2.45, 2.75) is 19.1 Å². The molecule has 1 fully saturated rings. The summed E-state index contributed by atoms with van der Waals surface area (Å²) in [6.45, 7) is 3.06. The maximum absolute atomic E-state index is 11.2. The number of hydrogen-bond donors (Lipinski definition) is 1. The Morgan fingerprint density at radius 3 is 2.75 bits per heavy atom. The Morgan fingerprint density at radius 2 is 2.12 bits per heavy atom. The summed E-state index contributed by atoms with van der Waals surface area (Å²) in [5.74, 6) is 0. The molecule has 0 bridgehead atoms. The molecule has 1 saturated heterocycles. The summed E-state index contributed by atoms with van der Waals surface area (Å²) in [6, 6.07) is 9.51. The average Bonchev–Trinajstić information content (AvgIpc) is 2.30. The van der Waals surface area contributed by atoms with Crippen LogP contribution in [0.2, 0.25) is 0 Å². The van der Waals surface area contributed by atoms with Gasteiger partial charge >= 0.3 is 6.03 Å². The molecule has 86 valence electrons. The van der Waals surface area contributed by atoms with Gasteiger partial charge in [-0.05, 0) is 12.5 Å². The molecule has 0 saturated carbocycles. The lowest BCUT2D eigenvalue weighted by atomic mass is 10.0. The van der Waals surface area contributed by atoms with Gasteiger partial charge in [0.25, 0.3) is 0 Å². The third-order valence-corrected chi connectivity index (χ3v) is 2.97. The van der Waals surface area contributed by atoms with Crippen molar-refractivity contribution in [2.75, 3.05) is 13.2 Å². The molecule has 1 heterocycles. The van der Waals surface area contributed by atoms with Crippen LogP contribution in [0.4, 0.5) is 4.79 Å². The van der Waals surface area contributed by atoms with E-state index in [2.05, 4.69) is 0 Å². The van der Waals surface area contributed by atoms with Crippen molar-refractivity contribution in [2.24, 2.45) is 5.73 Å². The molecule has 2 rings (SSSR count). The van der Waals surface area contributed by atoms with Gasteiger partial charge in [0.2, 0.25) is 0 Å². The summed E-state index contributed by atoms with van der Waals surface area (Å²) < 4.78 is 5.71. The number of urea groups is 1. The van der Waals surface area contributed by atoms with E-state index in [0.29, 0.717) is 13.2 Å². The lowest BCUT2D eigenvalue weighted by Crippen LogP contribution is -2.50. The SMILES string of the molecule is CC1C(c2ccccc2)OCCN1C(N)=O. The summed E-state index contributed by atoms with van der Waals surface area (Å²) in [6.07, 6.45) is -0.0811. The zero-order valence-corrected chi connectivity index (χ0v) is 9.30. The molecule has 1 aliphatic rings. The molecule has 1 aromatic rings. The molecular formula is C12H16N2O2. The minimum Gasteiger partial charge on any atom is -0.370 e. The Hall–Kier alpha value is -1.55. The normalized spacial score (nSPS) is 25.4. The van der Waals surface area contributed by atoms with E-state index in [4.69, 9.17) is 10.5 Å². The summed E-state index contributed by atoms with van der Waals surface area (Å²) >= 11 is 0. The van der Waals surface area contributed by atoms with Crippen molar-refractivity contribution < 1.29 is 9.53 Å². The second kappa shape index (κ2) is 4.53. The van der Waals surface area contributed by atoms with Gasteiger partial charge in [0, 0.05) is 6.54 Å². The van der Waals surface area contributed by atoms with Crippen LogP contribution in [0.5, 0.6) is 0 Å². The first-order chi connectivity index (χ1) is 7.70. The molecule has 0 aromatic heterocycles. The van der Waals surface area contributed by atoms with E-state index < -0.39 is 0 Å². The Labute approximate surface area is 95.0 Å². The summed E-state index contributed by atoms with van der Waals surface area (Å²) in [5, 5.41) is 0. The van der Waals surface area contributed by atoms with Crippen LogP contribution in [-0.4, -0.2) is 30.1 Å². The van der Waals surface area contributed by atoms with Gasteiger partial charge in [0.1, 0.15) is 6.10 Å². The Balaban J connectivity index is 2.19. The fraction of sp³-hybridized carbons (Fsp3) is 0.417. The number of rotatable bonds is 1. The van der Waals surface area contributed by atoms with Crippen LogP contribution in [0, 0.1) is 0 Å². The van der Waals surface area contributed by atoms with Gasteiger partial charge in [-0.3, -0.25) is 0 Å². The average molecular weight is 220 g/mol. The predicted octanol–water partition coefficient (Wildman–Crippen LogP) is 1.53. The van der Waals surface area contributed by atoms with E-state index in [1.807, 2.05) is 37.3 Å². The van der Waals surface area contributed by atoms with E-state index in [1.165, 1.54) is 0 Å². The Bertz CT molecular complexity index is 367. The van der Waals surface area contributed by atoms with E-state index in [-0.39, 0.29) is 18.2 Å². The van der Waals surface area contributed by atoms with Gasteiger partial charge in [0.05, 0.1) is 12.6 Å². The van der Waals surface area contributed by atoms with Gasteiger partial charge in [-0.2, -0.15) is 0 Å². The monoisotopic (exact) mass is 220 g/mol. The number of morpholine rings is 1. The zero-order chi connectivity index (χ0) is 11.5. The predicted molar refractivity (Wildman–Crippen MR) is 60.9 cm³/mol. The lowest BCUT2D eigenvalue weighted by Gasteiger charge is -2.38. The zero-order valence-electron chi connectivity index (χ0n) is 9.30. The van der Waals surface area contributed by atoms with Crippen LogP contribution in [0.1, 0.15) is 18.6 Å². The van der Waals surface area contributed by atoms with E-state index in [1.54, 1.807) is 4.90 Å². The van der Waals surface area contributed by atoms with E-state index in [0.717, 1.165) is 5.56 Å². The highest BCUT2D eigenvalue weighted by molar-refractivity contribution is 5.72. The molecule has 2 amide bonds. The number of carbonyl (C=O) groups is 1. The highest BCUT2D eigenvalue weighted by Crippen LogP contribution is 2.27. The topological polar surface area (TPSA) is 55.6 Å². The molecule has 2 unspecified atom stereocenters. The van der Waals surface area contributed by atoms with Crippen molar-refractivity contribution in [1.29, 1.82) is 0 Å². The number of nitrogens with zero attached hydrogens (tertiary/aromatic N) is 1. The largest absolute Gasteiger partial charge is 0.370 e. The third kappa shape index (κ3) is 2.02. The summed E-state index contributed by atoms with van der Waals surface area (Å²) in [4.78, 5) is 12.9. The van der Waals surface area contributed by atoms with E-state index in [9.17, 15) is 4.79 Å². The maximum atomic E-state index is 11.2. The van der Waals surface area contributed by atoms with Gasteiger partial charge in [0.15, 0.2) is 0 Å². The first kappa shape index (κ1) is 11.0. The molecule has 0 aliphatic carbocycles. The molecule has 0 radical (unpaired) electrons. The molecule has 1 aliphatic heterocycles. The van der Waals surface area contributed by atoms with Crippen molar-refractivity contribution >= 4 is 6.03 Å². The number of amides is 2. The lowest BCUT2D eigenvalue weighted by molar-refractivity contribution is -0.0485. The number of nitrogens with two attached hydrogens (primary N) is 1. The fourth-order valence-electron chi connectivity index (χ4n) is 2.11. The van der Waals surface area contributed by atoms with Crippen LogP contribution >= 0.6 is 0 Å². The van der Waals surface area contributed by atoms with Crippen molar-refractivity contribution in [3.05, 3.63) is 35.9 Å². The first-order valence-corrected chi connectivity index (χ1v) is 5.43. The Morgan fingerprint density at radius 1 is 1.44 bits per heavy atom. The van der Waals surface area contributed by atoms with Crippen LogP contribution < -0.4 is 5.73 Å². The highest BCUT2D eigenvalue weighted by atomic mass is 16.5. The fourth-order valence-corrected chi connectivity index (χ4v) is 2.11. The van der Waals surface area contributed by atoms with Gasteiger partial charge in [-0.25, -0.2) is 4.79 Å². The molecule has 1 aromatic carbocycles. The molecular weight excluding hydrogens is 204 g/mol. The van der Waals surface area contributed by atoms with Gasteiger partial charge in [-0.15, -0.1) is 0 Å². The van der Waals surface area contributed by atoms with Crippen LogP contribution in [0.3, 0.4) is 0 Å². The Kier molecular flexibility index (Phi) is 3.10. The van der Waals surface area contributed by atoms with Crippen LogP contribution in [0.15, 0.2) is 30.3 Å². The molecule has 4 nitrogen and oxygen atoms in total. The number of primary amides is 1. The van der Waals surface area contributed by atoms with E-state index >= 15 is 0 Å². The highest BCUT2D eigenvalue weighted by Gasteiger charge is 2.31. The number of benzene rings is 1. The van der Waals surface area contributed by atoms with Crippen molar-refractivity contribution in [3.8, 4) is 0 Å². The maximum Gasteiger partial charge on any atom is 0.315 e. The molecule has 2 N–H and O–H groups in total. The minimum absolute atomic E-state index is 0.0198. The first-order valence-electron chi connectivity index (χ1n) is 5.43. The van der Waals surface area contributed by atoms with Crippen LogP contribution in [-0.2, 0) is 4.74 Å². The standard InChI is InChI=1S/C12H16N2O2/c1-9-11(10-5-3-2-4-6-10)16-8-7-14(9)12(13)15/h2-6,9,11H,7-8H2,1H3,(H2,13,15). The number of carbonyl (C=O) groups excluding carboxylic acids is 1. The molecule has 0 spiro atoms. The van der Waals surface area contributed by atoms with Crippen molar-refractivity contribution in [1.82, 2.24) is 4.90 Å². The summed E-state index contributed by atoms with van der Waals surface area (Å²) in [5.41, 5.74) is 6.41. The van der Waals surface area contributed by atoms with Gasteiger partial charge in [-0.1, -0.05) is 30.3 Å². The third-order valence-electron chi connectivity index (χ3n) is 2.97. The number of ether oxygens (including phenoxy) is 1. The quantitative estimate of drug-likeness (QED) is 0.780. The van der Waals surface area contributed by atoms with Gasteiger partial charge < -0.3 is 15.4 Å². The second-order valence-electron chi connectivity index (χ2n) is 3.97. The summed E-state index contributed by atoms with van der Waals surface area (Å²) in [7, 11) is 0. The van der Waals surface area contributed by atoms with Crippen molar-refractivity contribution in [3.63, 3.8) is 0 Å². The minimum atomic E-state index is -0.378. The molecule has 16 heavy (non-hydrogen) atoms. The number of hydrogen-bond acceptors (Lipinski definition) is 2. The molecule has 4 heteroatoms.